The van der Waals surface area contributed by atoms with Gasteiger partial charge in [-0.05, 0) is 36.6 Å². The Kier molecular flexibility index (Phi) is 6.26. The third-order valence-corrected chi connectivity index (χ3v) is 6.52. The van der Waals surface area contributed by atoms with Gasteiger partial charge in [-0.1, -0.05) is 60.3 Å². The van der Waals surface area contributed by atoms with Gasteiger partial charge in [-0.25, -0.2) is 4.39 Å². The van der Waals surface area contributed by atoms with Crippen LogP contribution in [0.15, 0.2) is 82.6 Å². The van der Waals surface area contributed by atoms with Gasteiger partial charge in [0.05, 0.1) is 18.6 Å². The van der Waals surface area contributed by atoms with Crippen LogP contribution in [0.4, 0.5) is 4.39 Å². The Hall–Kier alpha value is -3.39. The number of rotatable bonds is 9. The van der Waals surface area contributed by atoms with E-state index in [0.717, 1.165) is 18.4 Å². The number of aromatic nitrogens is 3. The normalized spacial score (nSPS) is 13.2. The van der Waals surface area contributed by atoms with E-state index < -0.39 is 0 Å². The lowest BCUT2D eigenvalue weighted by Gasteiger charge is -2.22. The zero-order valence-corrected chi connectivity index (χ0v) is 18.7. The number of nitrogens with zero attached hydrogens (tertiary/aromatic N) is 4. The Bertz CT molecular complexity index is 1220. The van der Waals surface area contributed by atoms with Crippen molar-refractivity contribution in [2.45, 2.75) is 37.1 Å². The number of benzene rings is 2. The molecule has 0 radical (unpaired) electrons. The molecule has 1 saturated carbocycles. The lowest BCUT2D eigenvalue weighted by molar-refractivity contribution is -0.129. The largest absolute Gasteiger partial charge is 0.461 e. The number of hydrogen-bond donors (Lipinski definition) is 0. The van der Waals surface area contributed by atoms with E-state index in [1.54, 1.807) is 29.4 Å². The topological polar surface area (TPSA) is 64.2 Å². The highest BCUT2D eigenvalue weighted by Crippen LogP contribution is 2.31. The van der Waals surface area contributed by atoms with Crippen LogP contribution in [0.5, 0.6) is 0 Å². The minimum absolute atomic E-state index is 0.0282. The van der Waals surface area contributed by atoms with Gasteiger partial charge < -0.3 is 9.32 Å². The number of carbonyl (C=O) groups excluding carboxylic acids is 1. The Morgan fingerprint density at radius 3 is 2.58 bits per heavy atom. The molecule has 0 spiro atoms. The van der Waals surface area contributed by atoms with Gasteiger partial charge in [-0.2, -0.15) is 0 Å². The summed E-state index contributed by atoms with van der Waals surface area (Å²) < 4.78 is 21.7. The fourth-order valence-electron chi connectivity index (χ4n) is 3.72. The van der Waals surface area contributed by atoms with Crippen LogP contribution in [0.2, 0.25) is 0 Å². The molecule has 0 saturated heterocycles. The van der Waals surface area contributed by atoms with Crippen LogP contribution in [-0.2, 0) is 17.9 Å². The Balaban J connectivity index is 1.34. The van der Waals surface area contributed by atoms with Crippen molar-refractivity contribution in [1.82, 2.24) is 19.7 Å². The lowest BCUT2D eigenvalue weighted by atomic mass is 10.2. The van der Waals surface area contributed by atoms with E-state index in [1.807, 2.05) is 47.0 Å². The van der Waals surface area contributed by atoms with Crippen LogP contribution in [0.3, 0.4) is 0 Å². The van der Waals surface area contributed by atoms with E-state index in [2.05, 4.69) is 10.2 Å². The van der Waals surface area contributed by atoms with Crippen molar-refractivity contribution in [3.63, 3.8) is 0 Å². The highest BCUT2D eigenvalue weighted by atomic mass is 32.2. The summed E-state index contributed by atoms with van der Waals surface area (Å²) >= 11 is 1.34. The van der Waals surface area contributed by atoms with Gasteiger partial charge in [-0.3, -0.25) is 9.36 Å². The van der Waals surface area contributed by atoms with Crippen molar-refractivity contribution >= 4 is 17.7 Å². The van der Waals surface area contributed by atoms with Gasteiger partial charge in [0, 0.05) is 18.2 Å². The van der Waals surface area contributed by atoms with Crippen molar-refractivity contribution in [3.05, 3.63) is 89.9 Å². The lowest BCUT2D eigenvalue weighted by Crippen LogP contribution is -2.34. The van der Waals surface area contributed by atoms with Crippen LogP contribution in [-0.4, -0.2) is 37.4 Å². The van der Waals surface area contributed by atoms with Crippen molar-refractivity contribution in [3.8, 4) is 11.6 Å². The molecule has 4 aromatic rings. The van der Waals surface area contributed by atoms with Gasteiger partial charge >= 0.3 is 0 Å². The highest BCUT2D eigenvalue weighted by molar-refractivity contribution is 7.99. The first kappa shape index (κ1) is 21.5. The van der Waals surface area contributed by atoms with Gasteiger partial charge in [0.2, 0.25) is 11.7 Å². The highest BCUT2D eigenvalue weighted by Gasteiger charge is 2.33. The average Bonchev–Trinajstić information content (AvgIpc) is 3.37. The standard InChI is InChI=1S/C25H23FN4O2S/c26-21-10-5-4-9-19(21)16-29(20-12-13-20)23(31)17-33-25-28-27-24(22-11-6-14-32-22)30(25)15-18-7-2-1-3-8-18/h1-11,14,20H,12-13,15-17H2. The number of hydrogen-bond acceptors (Lipinski definition) is 5. The number of halogens is 1. The van der Waals surface area contributed by atoms with Gasteiger partial charge in [0.1, 0.15) is 5.82 Å². The van der Waals surface area contributed by atoms with E-state index >= 15 is 0 Å². The van der Waals surface area contributed by atoms with E-state index in [0.29, 0.717) is 28.8 Å². The third-order valence-electron chi connectivity index (χ3n) is 5.57. The summed E-state index contributed by atoms with van der Waals surface area (Å²) in [6.07, 6.45) is 3.51. The second-order valence-electron chi connectivity index (χ2n) is 7.99. The molecule has 8 heteroatoms. The Labute approximate surface area is 195 Å². The SMILES string of the molecule is O=C(CSc1nnc(-c2ccco2)n1Cc1ccccc1)N(Cc1ccccc1F)C1CC1. The molecule has 5 rings (SSSR count). The maximum atomic E-state index is 14.2. The van der Waals surface area contributed by atoms with E-state index in [9.17, 15) is 9.18 Å². The molecule has 33 heavy (non-hydrogen) atoms. The fourth-order valence-corrected chi connectivity index (χ4v) is 4.54. The molecule has 0 atom stereocenters. The van der Waals surface area contributed by atoms with Crippen LogP contribution < -0.4 is 0 Å². The summed E-state index contributed by atoms with van der Waals surface area (Å²) in [6, 6.07) is 20.5. The first-order valence-corrected chi connectivity index (χ1v) is 11.8. The first-order valence-electron chi connectivity index (χ1n) is 10.9. The van der Waals surface area contributed by atoms with E-state index in [-0.39, 0.29) is 30.1 Å². The van der Waals surface area contributed by atoms with Crippen molar-refractivity contribution in [2.75, 3.05) is 5.75 Å². The van der Waals surface area contributed by atoms with Crippen LogP contribution in [0, 0.1) is 5.82 Å². The maximum Gasteiger partial charge on any atom is 0.233 e. The molecule has 0 N–H and O–H groups in total. The van der Waals surface area contributed by atoms with E-state index in [1.165, 1.54) is 17.8 Å². The summed E-state index contributed by atoms with van der Waals surface area (Å²) in [7, 11) is 0. The number of carbonyl (C=O) groups is 1. The molecule has 6 nitrogen and oxygen atoms in total. The van der Waals surface area contributed by atoms with E-state index in [4.69, 9.17) is 4.42 Å². The third kappa shape index (κ3) is 5.01. The molecular weight excluding hydrogens is 439 g/mol. The molecule has 1 aliphatic rings. The predicted octanol–water partition coefficient (Wildman–Crippen LogP) is 5.01. The predicted molar refractivity (Wildman–Crippen MR) is 124 cm³/mol. The van der Waals surface area contributed by atoms with Gasteiger partial charge in [0.25, 0.3) is 0 Å². The molecule has 1 aliphatic carbocycles. The number of thioether (sulfide) groups is 1. The fraction of sp³-hybridized carbons (Fsp3) is 0.240. The van der Waals surface area contributed by atoms with Crippen molar-refractivity contribution < 1.29 is 13.6 Å². The van der Waals surface area contributed by atoms with Crippen LogP contribution in [0.1, 0.15) is 24.0 Å². The number of amides is 1. The molecule has 2 aromatic carbocycles. The summed E-state index contributed by atoms with van der Waals surface area (Å²) in [4.78, 5) is 14.9. The molecule has 2 aromatic heterocycles. The molecule has 1 amide bonds. The van der Waals surface area contributed by atoms with Crippen molar-refractivity contribution in [2.24, 2.45) is 0 Å². The minimum Gasteiger partial charge on any atom is -0.461 e. The Morgan fingerprint density at radius 2 is 1.85 bits per heavy atom. The molecule has 0 bridgehead atoms. The molecule has 168 valence electrons. The first-order chi connectivity index (χ1) is 16.2. The molecular formula is C25H23FN4O2S. The smallest absolute Gasteiger partial charge is 0.233 e. The second-order valence-corrected chi connectivity index (χ2v) is 8.93. The molecule has 2 heterocycles. The summed E-state index contributed by atoms with van der Waals surface area (Å²) in [5.74, 6) is 1.13. The zero-order valence-electron chi connectivity index (χ0n) is 17.9. The van der Waals surface area contributed by atoms with Gasteiger partial charge in [-0.15, -0.1) is 10.2 Å². The molecule has 0 unspecified atom stereocenters. The molecule has 0 aliphatic heterocycles. The summed E-state index contributed by atoms with van der Waals surface area (Å²) in [6.45, 7) is 0.840. The monoisotopic (exact) mass is 462 g/mol. The number of furan rings is 1. The molecule has 1 fully saturated rings. The van der Waals surface area contributed by atoms with Crippen molar-refractivity contribution in [1.29, 1.82) is 0 Å². The minimum atomic E-state index is -0.283. The average molecular weight is 463 g/mol. The van der Waals surface area contributed by atoms with Crippen LogP contribution in [0.25, 0.3) is 11.6 Å². The summed E-state index contributed by atoms with van der Waals surface area (Å²) in [5.41, 5.74) is 1.63. The zero-order chi connectivity index (χ0) is 22.6. The summed E-state index contributed by atoms with van der Waals surface area (Å²) in [5, 5.41) is 9.31. The Morgan fingerprint density at radius 1 is 1.06 bits per heavy atom. The van der Waals surface area contributed by atoms with Gasteiger partial charge in [0.15, 0.2) is 10.9 Å². The second kappa shape index (κ2) is 9.62. The van der Waals surface area contributed by atoms with Crippen LogP contribution >= 0.6 is 11.8 Å². The maximum absolute atomic E-state index is 14.2. The quantitative estimate of drug-likeness (QED) is 0.327.